The molecule has 0 aliphatic carbocycles. The van der Waals surface area contributed by atoms with Crippen molar-refractivity contribution < 1.29 is 19.1 Å². The topological polar surface area (TPSA) is 62.3 Å². The summed E-state index contributed by atoms with van der Waals surface area (Å²) < 4.78 is 10.7. The minimum Gasteiger partial charge on any atom is -0.377 e. The first kappa shape index (κ1) is 20.8. The van der Waals surface area contributed by atoms with Crippen molar-refractivity contribution in [3.63, 3.8) is 0 Å². The monoisotopic (exact) mass is 433 g/mol. The lowest BCUT2D eigenvalue weighted by Crippen LogP contribution is -2.43. The Morgan fingerprint density at radius 1 is 0.781 bits per heavy atom. The van der Waals surface area contributed by atoms with Crippen molar-refractivity contribution in [2.45, 2.75) is 12.8 Å². The molecule has 166 valence electrons. The van der Waals surface area contributed by atoms with Crippen molar-refractivity contribution in [2.24, 2.45) is 0 Å². The van der Waals surface area contributed by atoms with Crippen LogP contribution in [-0.2, 0) is 9.47 Å². The third-order valence-corrected chi connectivity index (χ3v) is 6.48. The van der Waals surface area contributed by atoms with Crippen LogP contribution < -0.4 is 9.80 Å². The zero-order valence-corrected chi connectivity index (χ0v) is 18.1. The number of imide groups is 1. The third-order valence-electron chi connectivity index (χ3n) is 6.48. The normalized spacial score (nSPS) is 17.4. The van der Waals surface area contributed by atoms with Crippen LogP contribution in [0, 0.1) is 12.3 Å². The maximum absolute atomic E-state index is 13.3. The number of hydrogen-bond acceptors (Lipinski definition) is 6. The summed E-state index contributed by atoms with van der Waals surface area (Å²) in [6.45, 7) is 5.48. The van der Waals surface area contributed by atoms with E-state index in [0.29, 0.717) is 24.3 Å². The van der Waals surface area contributed by atoms with Gasteiger partial charge in [0.1, 0.15) is 6.61 Å². The summed E-state index contributed by atoms with van der Waals surface area (Å²) in [6, 6.07) is 7.87. The molecule has 2 aromatic rings. The van der Waals surface area contributed by atoms with Crippen LogP contribution in [0.4, 0.5) is 11.4 Å². The highest BCUT2D eigenvalue weighted by Gasteiger charge is 2.35. The molecular weight excluding hydrogens is 406 g/mol. The highest BCUT2D eigenvalue weighted by molar-refractivity contribution is 6.28. The Morgan fingerprint density at radius 2 is 1.34 bits per heavy atom. The summed E-state index contributed by atoms with van der Waals surface area (Å²) in [6.07, 6.45) is 7.48. The maximum Gasteiger partial charge on any atom is 0.261 e. The Morgan fingerprint density at radius 3 is 1.84 bits per heavy atom. The van der Waals surface area contributed by atoms with Gasteiger partial charge in [-0.3, -0.25) is 14.5 Å². The highest BCUT2D eigenvalue weighted by atomic mass is 16.5. The zero-order valence-electron chi connectivity index (χ0n) is 18.1. The van der Waals surface area contributed by atoms with E-state index < -0.39 is 0 Å². The number of carbonyl (C=O) groups is 2. The number of amides is 2. The number of rotatable bonds is 9. The van der Waals surface area contributed by atoms with Gasteiger partial charge in [0.25, 0.3) is 11.8 Å². The second-order valence-electron chi connectivity index (χ2n) is 8.33. The van der Waals surface area contributed by atoms with Crippen molar-refractivity contribution in [2.75, 3.05) is 69.0 Å². The third kappa shape index (κ3) is 3.50. The van der Waals surface area contributed by atoms with E-state index in [4.69, 9.17) is 15.9 Å². The van der Waals surface area contributed by atoms with Gasteiger partial charge in [-0.05, 0) is 37.1 Å². The summed E-state index contributed by atoms with van der Waals surface area (Å²) >= 11 is 0. The maximum atomic E-state index is 13.3. The molecule has 0 spiro atoms. The van der Waals surface area contributed by atoms with Gasteiger partial charge in [-0.15, -0.1) is 6.42 Å². The van der Waals surface area contributed by atoms with Crippen LogP contribution in [0.2, 0.25) is 0 Å². The minimum atomic E-state index is -0.254. The summed E-state index contributed by atoms with van der Waals surface area (Å²) in [5, 5.41) is 1.84. The minimum absolute atomic E-state index is 0.204. The van der Waals surface area contributed by atoms with Crippen LogP contribution in [0.3, 0.4) is 0 Å². The number of nitrogens with zero attached hydrogens (tertiary/aromatic N) is 3. The Hall–Kier alpha value is -3.08. The average Bonchev–Trinajstić information content (AvgIpc) is 2.72. The predicted octanol–water partition coefficient (Wildman–Crippen LogP) is 2.52. The molecule has 0 N–H and O–H groups in total. The molecule has 3 heterocycles. The molecule has 2 aromatic carbocycles. The van der Waals surface area contributed by atoms with Crippen molar-refractivity contribution >= 4 is 34.0 Å². The highest BCUT2D eigenvalue weighted by Crippen LogP contribution is 2.43. The second-order valence-corrected chi connectivity index (χ2v) is 8.33. The fraction of sp³-hybridized carbons (Fsp3) is 0.440. The summed E-state index contributed by atoms with van der Waals surface area (Å²) in [5.41, 5.74) is 3.45. The molecule has 0 unspecified atom stereocenters. The molecule has 0 aromatic heterocycles. The van der Waals surface area contributed by atoms with Gasteiger partial charge in [0.15, 0.2) is 0 Å². The van der Waals surface area contributed by atoms with Crippen LogP contribution in [0.1, 0.15) is 33.6 Å². The van der Waals surface area contributed by atoms with Crippen molar-refractivity contribution in [1.29, 1.82) is 0 Å². The lowest BCUT2D eigenvalue weighted by Gasteiger charge is -2.39. The second kappa shape index (κ2) is 8.81. The standard InChI is InChI=1S/C25H27N3O4/c1-2-14-31-16-17-32-15-13-28-24(29)18-5-7-20(26-9-3-10-26)23-21(27-11-4-12-27)8-6-19(22(18)23)25(28)30/h1,5-8H,3-4,9-17H2. The lowest BCUT2D eigenvalue weighted by molar-refractivity contribution is 0.0395. The van der Waals surface area contributed by atoms with E-state index >= 15 is 0 Å². The molecule has 7 heteroatoms. The van der Waals surface area contributed by atoms with Gasteiger partial charge in [-0.1, -0.05) is 5.92 Å². The van der Waals surface area contributed by atoms with Gasteiger partial charge >= 0.3 is 0 Å². The molecule has 0 bridgehead atoms. The molecule has 3 aliphatic rings. The number of terminal acetylenes is 1. The number of anilines is 2. The first-order valence-electron chi connectivity index (χ1n) is 11.3. The van der Waals surface area contributed by atoms with Crippen LogP contribution in [0.15, 0.2) is 24.3 Å². The quantitative estimate of drug-likeness (QED) is 0.344. The molecule has 32 heavy (non-hydrogen) atoms. The van der Waals surface area contributed by atoms with E-state index in [0.717, 1.165) is 48.3 Å². The Bertz CT molecular complexity index is 1030. The average molecular weight is 434 g/mol. The molecule has 2 amide bonds. The Balaban J connectivity index is 1.43. The number of ether oxygens (including phenoxy) is 2. The van der Waals surface area contributed by atoms with Gasteiger partial charge in [0, 0.05) is 59.5 Å². The molecular formula is C25H27N3O4. The van der Waals surface area contributed by atoms with E-state index in [-0.39, 0.29) is 31.6 Å². The van der Waals surface area contributed by atoms with E-state index in [1.54, 1.807) is 0 Å². The number of hydrogen-bond donors (Lipinski definition) is 0. The van der Waals surface area contributed by atoms with Crippen molar-refractivity contribution in [3.05, 3.63) is 35.4 Å². The molecule has 2 saturated heterocycles. The Labute approximate surface area is 187 Å². The SMILES string of the molecule is C#CCOCCOCCN1C(=O)c2ccc(N3CCC3)c3c(N4CCC4)ccc(c23)C1=O. The van der Waals surface area contributed by atoms with Gasteiger partial charge < -0.3 is 19.3 Å². The summed E-state index contributed by atoms with van der Waals surface area (Å²) in [5.74, 6) is 1.89. The molecule has 0 radical (unpaired) electrons. The molecule has 0 atom stereocenters. The molecule has 0 saturated carbocycles. The van der Waals surface area contributed by atoms with Crippen molar-refractivity contribution in [3.8, 4) is 12.3 Å². The number of benzene rings is 2. The summed E-state index contributed by atoms with van der Waals surface area (Å²) in [7, 11) is 0. The lowest BCUT2D eigenvalue weighted by atomic mass is 9.90. The van der Waals surface area contributed by atoms with E-state index in [1.165, 1.54) is 17.7 Å². The van der Waals surface area contributed by atoms with Crippen LogP contribution in [0.5, 0.6) is 0 Å². The number of carbonyl (C=O) groups excluding carboxylic acids is 2. The smallest absolute Gasteiger partial charge is 0.261 e. The fourth-order valence-corrected chi connectivity index (χ4v) is 4.55. The van der Waals surface area contributed by atoms with Crippen LogP contribution in [0.25, 0.3) is 10.8 Å². The van der Waals surface area contributed by atoms with E-state index in [1.807, 2.05) is 12.1 Å². The Kier molecular flexibility index (Phi) is 5.73. The van der Waals surface area contributed by atoms with Gasteiger partial charge in [-0.25, -0.2) is 0 Å². The largest absolute Gasteiger partial charge is 0.377 e. The predicted molar refractivity (Wildman–Crippen MR) is 123 cm³/mol. The van der Waals surface area contributed by atoms with E-state index in [2.05, 4.69) is 27.9 Å². The molecule has 5 rings (SSSR count). The first-order chi connectivity index (χ1) is 15.7. The van der Waals surface area contributed by atoms with Crippen LogP contribution in [-0.4, -0.2) is 75.9 Å². The van der Waals surface area contributed by atoms with Crippen molar-refractivity contribution in [1.82, 2.24) is 4.90 Å². The van der Waals surface area contributed by atoms with Gasteiger partial charge in [0.2, 0.25) is 0 Å². The first-order valence-corrected chi connectivity index (χ1v) is 11.3. The summed E-state index contributed by atoms with van der Waals surface area (Å²) in [4.78, 5) is 32.6. The van der Waals surface area contributed by atoms with Crippen LogP contribution >= 0.6 is 0 Å². The van der Waals surface area contributed by atoms with Gasteiger partial charge in [0.05, 0.1) is 26.4 Å². The fourth-order valence-electron chi connectivity index (χ4n) is 4.55. The molecule has 2 fully saturated rings. The van der Waals surface area contributed by atoms with Gasteiger partial charge in [-0.2, -0.15) is 0 Å². The van der Waals surface area contributed by atoms with E-state index in [9.17, 15) is 9.59 Å². The zero-order chi connectivity index (χ0) is 22.1. The molecule has 3 aliphatic heterocycles. The molecule has 7 nitrogen and oxygen atoms in total.